The van der Waals surface area contributed by atoms with Gasteiger partial charge in [-0.2, -0.15) is 0 Å². The van der Waals surface area contributed by atoms with Crippen molar-refractivity contribution < 1.29 is 9.47 Å². The Bertz CT molecular complexity index is 862. The normalized spacial score (nSPS) is 12.8. The van der Waals surface area contributed by atoms with E-state index in [1.807, 2.05) is 18.5 Å². The van der Waals surface area contributed by atoms with Gasteiger partial charge in [-0.05, 0) is 51.2 Å². The number of aryl methyl sites for hydroxylation is 2. The van der Waals surface area contributed by atoms with Gasteiger partial charge in [0.05, 0.1) is 19.2 Å². The van der Waals surface area contributed by atoms with Crippen LogP contribution in [-0.4, -0.2) is 47.1 Å². The Kier molecular flexibility index (Phi) is 10.5. The Balaban J connectivity index is 2.12. The van der Waals surface area contributed by atoms with Crippen molar-refractivity contribution in [1.29, 1.82) is 0 Å². The zero-order chi connectivity index (χ0) is 23.5. The Morgan fingerprint density at radius 2 is 1.94 bits per heavy atom. The van der Waals surface area contributed by atoms with Crippen LogP contribution >= 0.6 is 0 Å². The topological polar surface area (TPSA) is 85.6 Å². The van der Waals surface area contributed by atoms with Gasteiger partial charge in [0, 0.05) is 32.9 Å². The van der Waals surface area contributed by atoms with Gasteiger partial charge in [0.15, 0.2) is 11.8 Å². The molecule has 0 bridgehead atoms. The van der Waals surface area contributed by atoms with E-state index in [0.29, 0.717) is 25.6 Å². The molecule has 0 saturated heterocycles. The lowest BCUT2D eigenvalue weighted by molar-refractivity contribution is 0.191. The fourth-order valence-corrected chi connectivity index (χ4v) is 3.36. The first kappa shape index (κ1) is 25.6. The summed E-state index contributed by atoms with van der Waals surface area (Å²) < 4.78 is 13.4. The molecular formula is C24H40N6O2. The number of guanidine groups is 1. The average molecular weight is 445 g/mol. The van der Waals surface area contributed by atoms with Crippen LogP contribution in [0, 0.1) is 19.8 Å². The van der Waals surface area contributed by atoms with Gasteiger partial charge in [0.25, 0.3) is 0 Å². The minimum absolute atomic E-state index is 0.156. The number of rotatable bonds is 12. The molecule has 0 aliphatic rings. The summed E-state index contributed by atoms with van der Waals surface area (Å²) in [6.07, 6.45) is 2.07. The zero-order valence-electron chi connectivity index (χ0n) is 20.7. The number of hydrogen-bond acceptors (Lipinski definition) is 5. The molecule has 1 atom stereocenters. The summed E-state index contributed by atoms with van der Waals surface area (Å²) >= 11 is 0. The molecular weight excluding hydrogens is 404 g/mol. The van der Waals surface area contributed by atoms with Crippen molar-refractivity contribution >= 4 is 5.96 Å². The third kappa shape index (κ3) is 8.49. The fourth-order valence-electron chi connectivity index (χ4n) is 3.36. The van der Waals surface area contributed by atoms with Crippen molar-refractivity contribution in [3.8, 4) is 5.75 Å². The van der Waals surface area contributed by atoms with Crippen molar-refractivity contribution in [2.24, 2.45) is 18.0 Å². The van der Waals surface area contributed by atoms with Crippen molar-refractivity contribution in [1.82, 2.24) is 25.4 Å². The Morgan fingerprint density at radius 3 is 2.59 bits per heavy atom. The third-order valence-electron chi connectivity index (χ3n) is 5.18. The van der Waals surface area contributed by atoms with Crippen LogP contribution in [0.25, 0.3) is 0 Å². The van der Waals surface area contributed by atoms with E-state index in [1.165, 1.54) is 5.56 Å². The highest BCUT2D eigenvalue weighted by atomic mass is 16.5. The van der Waals surface area contributed by atoms with Crippen molar-refractivity contribution in [2.75, 3.05) is 20.3 Å². The largest absolute Gasteiger partial charge is 0.490 e. The number of hydrogen-bond donors (Lipinski definition) is 2. The van der Waals surface area contributed by atoms with Crippen LogP contribution in [0.2, 0.25) is 0 Å². The fraction of sp³-hybridized carbons (Fsp3) is 0.625. The number of ether oxygens (including phenoxy) is 2. The van der Waals surface area contributed by atoms with Crippen LogP contribution in [0.15, 0.2) is 23.2 Å². The van der Waals surface area contributed by atoms with E-state index in [-0.39, 0.29) is 6.10 Å². The molecule has 0 saturated carbocycles. The zero-order valence-corrected chi connectivity index (χ0v) is 20.7. The van der Waals surface area contributed by atoms with Gasteiger partial charge < -0.3 is 24.7 Å². The molecule has 0 radical (unpaired) electrons. The SMILES string of the molecule is COCCCNC(=NCc1ccc(C)cc1OC(C)CC(C)C)NCc1nnc(C)n1C. The van der Waals surface area contributed by atoms with Crippen LogP contribution in [0.3, 0.4) is 0 Å². The Labute approximate surface area is 192 Å². The van der Waals surface area contributed by atoms with Crippen LogP contribution < -0.4 is 15.4 Å². The predicted molar refractivity (Wildman–Crippen MR) is 129 cm³/mol. The second kappa shape index (κ2) is 13.1. The van der Waals surface area contributed by atoms with E-state index in [4.69, 9.17) is 14.5 Å². The minimum Gasteiger partial charge on any atom is -0.490 e. The third-order valence-corrected chi connectivity index (χ3v) is 5.18. The van der Waals surface area contributed by atoms with Crippen molar-refractivity contribution in [3.05, 3.63) is 41.0 Å². The first-order valence-electron chi connectivity index (χ1n) is 11.4. The molecule has 2 N–H and O–H groups in total. The molecule has 1 unspecified atom stereocenters. The highest BCUT2D eigenvalue weighted by Gasteiger charge is 2.12. The van der Waals surface area contributed by atoms with Crippen molar-refractivity contribution in [3.63, 3.8) is 0 Å². The maximum atomic E-state index is 6.28. The van der Waals surface area contributed by atoms with Gasteiger partial charge in [-0.3, -0.25) is 0 Å². The lowest BCUT2D eigenvalue weighted by Crippen LogP contribution is -2.38. The molecule has 8 nitrogen and oxygen atoms in total. The number of nitrogens with one attached hydrogen (secondary N) is 2. The minimum atomic E-state index is 0.156. The smallest absolute Gasteiger partial charge is 0.191 e. The number of methoxy groups -OCH3 is 1. The summed E-state index contributed by atoms with van der Waals surface area (Å²) in [5.74, 6) is 3.96. The molecule has 1 heterocycles. The molecule has 0 aliphatic carbocycles. The van der Waals surface area contributed by atoms with Crippen molar-refractivity contribution in [2.45, 2.75) is 66.7 Å². The molecule has 2 aromatic rings. The highest BCUT2D eigenvalue weighted by Crippen LogP contribution is 2.24. The predicted octanol–water partition coefficient (Wildman–Crippen LogP) is 3.52. The average Bonchev–Trinajstić information content (AvgIpc) is 3.05. The summed E-state index contributed by atoms with van der Waals surface area (Å²) in [7, 11) is 3.67. The first-order chi connectivity index (χ1) is 15.3. The molecule has 0 fully saturated rings. The monoisotopic (exact) mass is 444 g/mol. The summed E-state index contributed by atoms with van der Waals surface area (Å²) in [5.41, 5.74) is 2.25. The Hall–Kier alpha value is -2.61. The summed E-state index contributed by atoms with van der Waals surface area (Å²) in [5, 5.41) is 15.1. The van der Waals surface area contributed by atoms with Crippen LogP contribution in [0.5, 0.6) is 5.75 Å². The summed E-state index contributed by atoms with van der Waals surface area (Å²) in [6.45, 7) is 13.1. The summed E-state index contributed by atoms with van der Waals surface area (Å²) in [6, 6.07) is 6.31. The number of nitrogens with zero attached hydrogens (tertiary/aromatic N) is 4. The maximum Gasteiger partial charge on any atom is 0.191 e. The van der Waals surface area contributed by atoms with E-state index < -0.39 is 0 Å². The van der Waals surface area contributed by atoms with Gasteiger partial charge in [0.1, 0.15) is 11.6 Å². The standard InChI is InChI=1S/C24H40N6O2/c1-17(2)13-19(4)32-22-14-18(3)9-10-21(22)15-26-24(25-11-8-12-31-7)27-16-23-29-28-20(5)30(23)6/h9-10,14,17,19H,8,11-13,15-16H2,1-7H3,(H2,25,26,27). The maximum absolute atomic E-state index is 6.28. The molecule has 32 heavy (non-hydrogen) atoms. The van der Waals surface area contributed by atoms with Gasteiger partial charge in [-0.15, -0.1) is 10.2 Å². The van der Waals surface area contributed by atoms with E-state index in [0.717, 1.165) is 48.3 Å². The van der Waals surface area contributed by atoms with Gasteiger partial charge >= 0.3 is 0 Å². The molecule has 2 rings (SSSR count). The molecule has 1 aromatic heterocycles. The molecule has 0 spiro atoms. The van der Waals surface area contributed by atoms with E-state index in [2.05, 4.69) is 66.7 Å². The molecule has 0 aliphatic heterocycles. The van der Waals surface area contributed by atoms with Gasteiger partial charge in [-0.1, -0.05) is 26.0 Å². The van der Waals surface area contributed by atoms with Crippen LogP contribution in [0.1, 0.15) is 56.4 Å². The number of benzene rings is 1. The highest BCUT2D eigenvalue weighted by molar-refractivity contribution is 5.79. The molecule has 8 heteroatoms. The first-order valence-corrected chi connectivity index (χ1v) is 11.4. The number of aliphatic imine (C=N–C) groups is 1. The molecule has 178 valence electrons. The lowest BCUT2D eigenvalue weighted by Gasteiger charge is -2.19. The second-order valence-corrected chi connectivity index (χ2v) is 8.68. The molecule has 0 amide bonds. The molecule has 1 aromatic carbocycles. The van der Waals surface area contributed by atoms with E-state index in [1.54, 1.807) is 7.11 Å². The Morgan fingerprint density at radius 1 is 1.16 bits per heavy atom. The summed E-state index contributed by atoms with van der Waals surface area (Å²) in [4.78, 5) is 4.82. The van der Waals surface area contributed by atoms with E-state index in [9.17, 15) is 0 Å². The van der Waals surface area contributed by atoms with Gasteiger partial charge in [0.2, 0.25) is 0 Å². The lowest BCUT2D eigenvalue weighted by atomic mass is 10.1. The second-order valence-electron chi connectivity index (χ2n) is 8.68. The van der Waals surface area contributed by atoms with Crippen LogP contribution in [-0.2, 0) is 24.9 Å². The van der Waals surface area contributed by atoms with Gasteiger partial charge in [-0.25, -0.2) is 4.99 Å². The van der Waals surface area contributed by atoms with Crippen LogP contribution in [0.4, 0.5) is 0 Å². The number of aromatic nitrogens is 3. The quantitative estimate of drug-likeness (QED) is 0.296. The van der Waals surface area contributed by atoms with E-state index >= 15 is 0 Å².